The maximum atomic E-state index is 10.9. The first-order valence-electron chi connectivity index (χ1n) is 5.48. The number of carbonyl (C=O) groups excluding carboxylic acids is 1. The maximum Gasteiger partial charge on any atom is 0.338 e. The van der Waals surface area contributed by atoms with Gasteiger partial charge in [0.15, 0.2) is 0 Å². The summed E-state index contributed by atoms with van der Waals surface area (Å²) < 4.78 is 4.41. The number of nitro benzene ring substituents is 1. The van der Waals surface area contributed by atoms with Crippen LogP contribution in [0.25, 0.3) is 0 Å². The number of nitro groups is 1. The molecule has 0 saturated carbocycles. The molecule has 0 aliphatic rings. The van der Waals surface area contributed by atoms with E-state index in [2.05, 4.69) is 4.74 Å². The Morgan fingerprint density at radius 1 is 1.24 bits per heavy atom. The Bertz CT molecular complexity index is 350. The van der Waals surface area contributed by atoms with Crippen molar-refractivity contribution in [2.75, 3.05) is 7.11 Å². The molecule has 0 bridgehead atoms. The Balaban J connectivity index is 0. The highest BCUT2D eigenvalue weighted by Crippen LogP contribution is 2.13. The standard InChI is InChI=1S/C8H7NO4.2C2H6/c1-13-8(10)6-3-2-4-7(5-6)9(11)12;2*1-2/h2-5H,1H3;2*1-2H3. The average molecular weight is 241 g/mol. The van der Waals surface area contributed by atoms with Crippen molar-refractivity contribution >= 4 is 11.7 Å². The number of rotatable bonds is 2. The highest BCUT2D eigenvalue weighted by Gasteiger charge is 2.10. The first-order valence-corrected chi connectivity index (χ1v) is 5.48. The summed E-state index contributed by atoms with van der Waals surface area (Å²) in [5.41, 5.74) is 0.0552. The second-order valence-corrected chi connectivity index (χ2v) is 2.30. The van der Waals surface area contributed by atoms with Gasteiger partial charge < -0.3 is 4.74 Å². The smallest absolute Gasteiger partial charge is 0.338 e. The van der Waals surface area contributed by atoms with Gasteiger partial charge in [0.25, 0.3) is 5.69 Å². The zero-order valence-corrected chi connectivity index (χ0v) is 10.9. The molecule has 0 unspecified atom stereocenters. The van der Waals surface area contributed by atoms with E-state index in [1.165, 1.54) is 31.4 Å². The fourth-order valence-corrected chi connectivity index (χ4v) is 0.864. The summed E-state index contributed by atoms with van der Waals surface area (Å²) in [6.07, 6.45) is 0. The van der Waals surface area contributed by atoms with Crippen LogP contribution in [0.5, 0.6) is 0 Å². The molecule has 1 rings (SSSR count). The molecule has 0 fully saturated rings. The van der Waals surface area contributed by atoms with Gasteiger partial charge in [-0.15, -0.1) is 0 Å². The van der Waals surface area contributed by atoms with Gasteiger partial charge in [-0.2, -0.15) is 0 Å². The molecule has 0 aliphatic carbocycles. The summed E-state index contributed by atoms with van der Waals surface area (Å²) >= 11 is 0. The molecule has 96 valence electrons. The fourth-order valence-electron chi connectivity index (χ4n) is 0.864. The lowest BCUT2D eigenvalue weighted by molar-refractivity contribution is -0.384. The van der Waals surface area contributed by atoms with Crippen LogP contribution in [0.1, 0.15) is 38.1 Å². The zero-order valence-electron chi connectivity index (χ0n) is 10.9. The molecule has 0 N–H and O–H groups in total. The van der Waals surface area contributed by atoms with Gasteiger partial charge in [-0.05, 0) is 6.07 Å². The van der Waals surface area contributed by atoms with Crippen molar-refractivity contribution in [3.8, 4) is 0 Å². The first-order chi connectivity index (χ1) is 8.15. The van der Waals surface area contributed by atoms with E-state index in [-0.39, 0.29) is 11.3 Å². The van der Waals surface area contributed by atoms with E-state index in [1.54, 1.807) is 0 Å². The number of carbonyl (C=O) groups is 1. The van der Waals surface area contributed by atoms with Gasteiger partial charge in [0.1, 0.15) is 0 Å². The van der Waals surface area contributed by atoms with Gasteiger partial charge in [-0.3, -0.25) is 10.1 Å². The molecule has 0 radical (unpaired) electrons. The van der Waals surface area contributed by atoms with Crippen molar-refractivity contribution in [2.45, 2.75) is 27.7 Å². The predicted molar refractivity (Wildman–Crippen MR) is 67.1 cm³/mol. The number of hydrogen-bond acceptors (Lipinski definition) is 4. The van der Waals surface area contributed by atoms with E-state index < -0.39 is 10.9 Å². The molecule has 0 aliphatic heterocycles. The molecular formula is C12H19NO4. The van der Waals surface area contributed by atoms with E-state index in [0.29, 0.717) is 0 Å². The molecule has 0 spiro atoms. The van der Waals surface area contributed by atoms with Crippen LogP contribution in [-0.2, 0) is 4.74 Å². The monoisotopic (exact) mass is 241 g/mol. The lowest BCUT2D eigenvalue weighted by Gasteiger charge is -1.97. The van der Waals surface area contributed by atoms with E-state index in [0.717, 1.165) is 0 Å². The highest BCUT2D eigenvalue weighted by atomic mass is 16.6. The van der Waals surface area contributed by atoms with Crippen molar-refractivity contribution in [1.82, 2.24) is 0 Å². The van der Waals surface area contributed by atoms with Crippen LogP contribution in [-0.4, -0.2) is 18.0 Å². The van der Waals surface area contributed by atoms with Crippen LogP contribution >= 0.6 is 0 Å². The summed E-state index contributed by atoms with van der Waals surface area (Å²) in [7, 11) is 1.22. The zero-order chi connectivity index (χ0) is 13.8. The van der Waals surface area contributed by atoms with Crippen molar-refractivity contribution in [3.05, 3.63) is 39.9 Å². The fraction of sp³-hybridized carbons (Fsp3) is 0.417. The highest BCUT2D eigenvalue weighted by molar-refractivity contribution is 5.89. The summed E-state index contributed by atoms with van der Waals surface area (Å²) in [6.45, 7) is 8.00. The molecule has 0 saturated heterocycles. The normalized spacial score (nSPS) is 7.82. The van der Waals surface area contributed by atoms with E-state index in [9.17, 15) is 14.9 Å². The van der Waals surface area contributed by atoms with Gasteiger partial charge in [0.2, 0.25) is 0 Å². The second kappa shape index (κ2) is 10.6. The minimum absolute atomic E-state index is 0.122. The number of nitrogens with zero attached hydrogens (tertiary/aromatic N) is 1. The van der Waals surface area contributed by atoms with Crippen LogP contribution in [0.4, 0.5) is 5.69 Å². The second-order valence-electron chi connectivity index (χ2n) is 2.30. The first kappa shape index (κ1) is 17.5. The summed E-state index contributed by atoms with van der Waals surface area (Å²) in [4.78, 5) is 20.7. The lowest BCUT2D eigenvalue weighted by atomic mass is 10.2. The summed E-state index contributed by atoms with van der Waals surface area (Å²) in [6, 6.07) is 5.38. The summed E-state index contributed by atoms with van der Waals surface area (Å²) in [5.74, 6) is -0.580. The van der Waals surface area contributed by atoms with Crippen molar-refractivity contribution in [1.29, 1.82) is 0 Å². The Hall–Kier alpha value is -1.91. The van der Waals surface area contributed by atoms with Crippen LogP contribution in [0.15, 0.2) is 24.3 Å². The topological polar surface area (TPSA) is 69.4 Å². The quantitative estimate of drug-likeness (QED) is 0.452. The third-order valence-corrected chi connectivity index (χ3v) is 1.48. The average Bonchev–Trinajstić information content (AvgIpc) is 2.42. The Kier molecular flexibility index (Phi) is 10.9. The van der Waals surface area contributed by atoms with Crippen molar-refractivity contribution < 1.29 is 14.5 Å². The van der Waals surface area contributed by atoms with Crippen molar-refractivity contribution in [2.24, 2.45) is 0 Å². The van der Waals surface area contributed by atoms with Crippen LogP contribution in [0, 0.1) is 10.1 Å². The molecule has 5 heteroatoms. The Morgan fingerprint density at radius 3 is 2.18 bits per heavy atom. The number of non-ortho nitro benzene ring substituents is 1. The van der Waals surface area contributed by atoms with Crippen molar-refractivity contribution in [3.63, 3.8) is 0 Å². The molecular weight excluding hydrogens is 222 g/mol. The molecule has 0 aromatic heterocycles. The van der Waals surface area contributed by atoms with Gasteiger partial charge >= 0.3 is 5.97 Å². The van der Waals surface area contributed by atoms with E-state index in [4.69, 9.17) is 0 Å². The Labute approximate surface area is 102 Å². The molecule has 0 heterocycles. The lowest BCUT2D eigenvalue weighted by Crippen LogP contribution is -2.01. The number of ether oxygens (including phenoxy) is 1. The molecule has 1 aromatic carbocycles. The van der Waals surface area contributed by atoms with Gasteiger partial charge in [0.05, 0.1) is 17.6 Å². The van der Waals surface area contributed by atoms with Crippen LogP contribution < -0.4 is 0 Å². The SMILES string of the molecule is CC.CC.COC(=O)c1cccc([N+](=O)[O-])c1. The molecule has 0 atom stereocenters. The third kappa shape index (κ3) is 6.29. The Morgan fingerprint density at radius 2 is 1.76 bits per heavy atom. The number of methoxy groups -OCH3 is 1. The molecule has 0 amide bonds. The van der Waals surface area contributed by atoms with E-state index in [1.807, 2.05) is 27.7 Å². The largest absolute Gasteiger partial charge is 0.465 e. The van der Waals surface area contributed by atoms with Gasteiger partial charge in [-0.25, -0.2) is 4.79 Å². The molecule has 17 heavy (non-hydrogen) atoms. The number of benzene rings is 1. The molecule has 5 nitrogen and oxygen atoms in total. The number of hydrogen-bond donors (Lipinski definition) is 0. The van der Waals surface area contributed by atoms with Crippen LogP contribution in [0.2, 0.25) is 0 Å². The predicted octanol–water partition coefficient (Wildman–Crippen LogP) is 3.43. The van der Waals surface area contributed by atoms with Crippen LogP contribution in [0.3, 0.4) is 0 Å². The molecule has 1 aromatic rings. The minimum Gasteiger partial charge on any atom is -0.465 e. The third-order valence-electron chi connectivity index (χ3n) is 1.48. The minimum atomic E-state index is -0.580. The van der Waals surface area contributed by atoms with Gasteiger partial charge in [0, 0.05) is 12.1 Å². The van der Waals surface area contributed by atoms with Gasteiger partial charge in [-0.1, -0.05) is 33.8 Å². The maximum absolute atomic E-state index is 10.9. The summed E-state index contributed by atoms with van der Waals surface area (Å²) in [5, 5.41) is 10.3. The number of esters is 1. The van der Waals surface area contributed by atoms with E-state index >= 15 is 0 Å².